The van der Waals surface area contributed by atoms with Crippen LogP contribution in [0.3, 0.4) is 0 Å². The fourth-order valence-corrected chi connectivity index (χ4v) is 5.43. The molecule has 1 atom stereocenters. The highest BCUT2D eigenvalue weighted by Gasteiger charge is 2.30. The predicted octanol–water partition coefficient (Wildman–Crippen LogP) is 2.94. The molecular weight excluding hydrogens is 272 g/mol. The van der Waals surface area contributed by atoms with Gasteiger partial charge in [0.2, 0.25) is 0 Å². The van der Waals surface area contributed by atoms with Gasteiger partial charge >= 0.3 is 0 Å². The van der Waals surface area contributed by atoms with Gasteiger partial charge in [-0.25, -0.2) is 8.42 Å². The lowest BCUT2D eigenvalue weighted by Crippen LogP contribution is -2.28. The fraction of sp³-hybridized carbons (Fsp3) is 0.625. The van der Waals surface area contributed by atoms with Crippen molar-refractivity contribution in [2.45, 2.75) is 57.5 Å². The number of sulfone groups is 1. The van der Waals surface area contributed by atoms with E-state index in [2.05, 4.69) is 0 Å². The van der Waals surface area contributed by atoms with Crippen LogP contribution in [0.2, 0.25) is 0 Å². The van der Waals surface area contributed by atoms with E-state index in [-0.39, 0.29) is 11.7 Å². The summed E-state index contributed by atoms with van der Waals surface area (Å²) < 4.78 is 25.2. The first kappa shape index (κ1) is 15.5. The molecular formula is C16H24O3S. The van der Waals surface area contributed by atoms with Crippen molar-refractivity contribution < 1.29 is 13.5 Å². The molecule has 0 saturated heterocycles. The molecule has 0 amide bonds. The monoisotopic (exact) mass is 296 g/mol. The molecule has 3 nitrogen and oxygen atoms in total. The molecule has 0 aromatic heterocycles. The van der Waals surface area contributed by atoms with Crippen molar-refractivity contribution >= 4 is 9.84 Å². The van der Waals surface area contributed by atoms with Crippen molar-refractivity contribution in [1.29, 1.82) is 0 Å². The van der Waals surface area contributed by atoms with Gasteiger partial charge in [0.25, 0.3) is 0 Å². The molecule has 2 rings (SSSR count). The second-order valence-corrected chi connectivity index (χ2v) is 8.09. The van der Waals surface area contributed by atoms with E-state index in [9.17, 15) is 13.5 Å². The number of aliphatic hydroxyl groups is 1. The van der Waals surface area contributed by atoms with E-state index in [0.29, 0.717) is 4.90 Å². The van der Waals surface area contributed by atoms with E-state index in [4.69, 9.17) is 0 Å². The van der Waals surface area contributed by atoms with Crippen LogP contribution in [-0.4, -0.2) is 25.4 Å². The van der Waals surface area contributed by atoms with Gasteiger partial charge in [-0.05, 0) is 50.7 Å². The third-order valence-corrected chi connectivity index (χ3v) is 6.30. The van der Waals surface area contributed by atoms with Crippen molar-refractivity contribution in [2.24, 2.45) is 5.92 Å². The normalized spacial score (nSPS) is 18.4. The van der Waals surface area contributed by atoms with Crippen LogP contribution < -0.4 is 0 Å². The Labute approximate surface area is 121 Å². The molecule has 1 N–H and O–H groups in total. The second kappa shape index (κ2) is 5.86. The topological polar surface area (TPSA) is 54.4 Å². The molecule has 112 valence electrons. The van der Waals surface area contributed by atoms with Crippen LogP contribution in [0, 0.1) is 26.7 Å². The van der Waals surface area contributed by atoms with E-state index in [1.165, 1.54) is 0 Å². The summed E-state index contributed by atoms with van der Waals surface area (Å²) in [6, 6.07) is 3.78. The first-order valence-electron chi connectivity index (χ1n) is 7.30. The third-order valence-electron chi connectivity index (χ3n) is 4.25. The Morgan fingerprint density at radius 1 is 1.15 bits per heavy atom. The second-order valence-electron chi connectivity index (χ2n) is 6.12. The van der Waals surface area contributed by atoms with Gasteiger partial charge in [-0.1, -0.05) is 30.5 Å². The summed E-state index contributed by atoms with van der Waals surface area (Å²) in [6.07, 6.45) is 3.36. The maximum absolute atomic E-state index is 12.6. The summed E-state index contributed by atoms with van der Waals surface area (Å²) in [5, 5.41) is 10.2. The van der Waals surface area contributed by atoms with Crippen molar-refractivity contribution in [1.82, 2.24) is 0 Å². The zero-order chi connectivity index (χ0) is 14.9. The van der Waals surface area contributed by atoms with E-state index in [1.807, 2.05) is 32.9 Å². The van der Waals surface area contributed by atoms with E-state index >= 15 is 0 Å². The summed E-state index contributed by atoms with van der Waals surface area (Å²) >= 11 is 0. The van der Waals surface area contributed by atoms with Crippen molar-refractivity contribution in [3.63, 3.8) is 0 Å². The molecule has 4 heteroatoms. The van der Waals surface area contributed by atoms with Crippen LogP contribution in [-0.2, 0) is 9.84 Å². The highest BCUT2D eigenvalue weighted by molar-refractivity contribution is 7.91. The Hall–Kier alpha value is -0.870. The summed E-state index contributed by atoms with van der Waals surface area (Å²) in [4.78, 5) is 0.403. The number of benzene rings is 1. The predicted molar refractivity (Wildman–Crippen MR) is 80.7 cm³/mol. The lowest BCUT2D eigenvalue weighted by atomic mass is 10.0. The molecule has 1 aromatic rings. The zero-order valence-corrected chi connectivity index (χ0v) is 13.3. The molecule has 1 aliphatic carbocycles. The van der Waals surface area contributed by atoms with Crippen LogP contribution in [0.25, 0.3) is 0 Å². The average molecular weight is 296 g/mol. The molecule has 0 heterocycles. The SMILES string of the molecule is Cc1cc(C)c(S(=O)(=O)C[C@@H](O)C2CCCC2)c(C)c1. The lowest BCUT2D eigenvalue weighted by Gasteiger charge is -2.19. The molecule has 1 saturated carbocycles. The maximum Gasteiger partial charge on any atom is 0.181 e. The number of rotatable bonds is 4. The maximum atomic E-state index is 12.6. The molecule has 1 aromatic carbocycles. The minimum Gasteiger partial charge on any atom is -0.392 e. The largest absolute Gasteiger partial charge is 0.392 e. The highest BCUT2D eigenvalue weighted by atomic mass is 32.2. The highest BCUT2D eigenvalue weighted by Crippen LogP contribution is 2.30. The quantitative estimate of drug-likeness (QED) is 0.929. The molecule has 0 aliphatic heterocycles. The van der Waals surface area contributed by atoms with Crippen LogP contribution in [0.15, 0.2) is 17.0 Å². The zero-order valence-electron chi connectivity index (χ0n) is 12.5. The minimum absolute atomic E-state index is 0.149. The Kier molecular flexibility index (Phi) is 4.55. The van der Waals surface area contributed by atoms with Gasteiger partial charge < -0.3 is 5.11 Å². The number of aryl methyl sites for hydroxylation is 3. The average Bonchev–Trinajstić information content (AvgIpc) is 2.78. The molecule has 1 fully saturated rings. The Morgan fingerprint density at radius 2 is 1.65 bits per heavy atom. The van der Waals surface area contributed by atoms with E-state index < -0.39 is 15.9 Å². The van der Waals surface area contributed by atoms with E-state index in [0.717, 1.165) is 42.4 Å². The molecule has 0 bridgehead atoms. The fourth-order valence-electron chi connectivity index (χ4n) is 3.44. The molecule has 0 radical (unpaired) electrons. The minimum atomic E-state index is -3.43. The van der Waals surface area contributed by atoms with Gasteiger partial charge in [-0.3, -0.25) is 0 Å². The Morgan fingerprint density at radius 3 is 2.15 bits per heavy atom. The van der Waals surface area contributed by atoms with Crippen molar-refractivity contribution in [2.75, 3.05) is 5.75 Å². The molecule has 1 aliphatic rings. The van der Waals surface area contributed by atoms with Gasteiger partial charge in [0.15, 0.2) is 9.84 Å². The Balaban J connectivity index is 2.26. The van der Waals surface area contributed by atoms with Gasteiger partial charge in [0, 0.05) is 0 Å². The van der Waals surface area contributed by atoms with Gasteiger partial charge in [0.05, 0.1) is 16.8 Å². The summed E-state index contributed by atoms with van der Waals surface area (Å²) in [7, 11) is -3.43. The van der Waals surface area contributed by atoms with Crippen LogP contribution in [0.4, 0.5) is 0 Å². The first-order chi connectivity index (χ1) is 9.31. The van der Waals surface area contributed by atoms with Gasteiger partial charge in [0.1, 0.15) is 0 Å². The van der Waals surface area contributed by atoms with Crippen LogP contribution >= 0.6 is 0 Å². The lowest BCUT2D eigenvalue weighted by molar-refractivity contribution is 0.131. The molecule has 20 heavy (non-hydrogen) atoms. The molecule has 0 spiro atoms. The molecule has 0 unspecified atom stereocenters. The summed E-state index contributed by atoms with van der Waals surface area (Å²) in [5.74, 6) is -0.00147. The Bertz CT molecular complexity index is 561. The number of hydrogen-bond donors (Lipinski definition) is 1. The van der Waals surface area contributed by atoms with Gasteiger partial charge in [-0.2, -0.15) is 0 Å². The van der Waals surface area contributed by atoms with E-state index in [1.54, 1.807) is 0 Å². The van der Waals surface area contributed by atoms with Crippen molar-refractivity contribution in [3.8, 4) is 0 Å². The van der Waals surface area contributed by atoms with Crippen LogP contribution in [0.1, 0.15) is 42.4 Å². The number of aliphatic hydroxyl groups excluding tert-OH is 1. The third kappa shape index (κ3) is 3.23. The first-order valence-corrected chi connectivity index (χ1v) is 8.95. The summed E-state index contributed by atoms with van der Waals surface area (Å²) in [5.41, 5.74) is 2.62. The standard InChI is InChI=1S/C16H24O3S/c1-11-8-12(2)16(13(3)9-11)20(18,19)10-15(17)14-6-4-5-7-14/h8-9,14-15,17H,4-7,10H2,1-3H3/t15-/m1/s1. The van der Waals surface area contributed by atoms with Gasteiger partial charge in [-0.15, -0.1) is 0 Å². The smallest absolute Gasteiger partial charge is 0.181 e. The van der Waals surface area contributed by atoms with Crippen LogP contribution in [0.5, 0.6) is 0 Å². The summed E-state index contributed by atoms with van der Waals surface area (Å²) in [6.45, 7) is 5.62. The number of hydrogen-bond acceptors (Lipinski definition) is 3. The van der Waals surface area contributed by atoms with Crippen molar-refractivity contribution in [3.05, 3.63) is 28.8 Å².